The van der Waals surface area contributed by atoms with Crippen LogP contribution in [0.2, 0.25) is 0 Å². The summed E-state index contributed by atoms with van der Waals surface area (Å²) in [7, 11) is 0. The van der Waals surface area contributed by atoms with Gasteiger partial charge in [-0.05, 0) is 60.7 Å². The van der Waals surface area contributed by atoms with Crippen LogP contribution in [-0.2, 0) is 12.8 Å². The third-order valence-corrected chi connectivity index (χ3v) is 3.53. The van der Waals surface area contributed by atoms with Gasteiger partial charge in [-0.25, -0.2) is 4.39 Å². The van der Waals surface area contributed by atoms with Gasteiger partial charge in [-0.3, -0.25) is 4.79 Å². The average molecular weight is 270 g/mol. The topological polar surface area (TPSA) is 17.1 Å². The average Bonchev–Trinajstić information content (AvgIpc) is 2.44. The number of benzene rings is 2. The van der Waals surface area contributed by atoms with Crippen molar-refractivity contribution < 1.29 is 9.18 Å². The maximum atomic E-state index is 13.4. The standard InChI is InChI=1S/C18H19FO/c1-4-13-6-7-15(10-14(13)5-2)18(20)16-8-12(3)9-17(19)11-16/h6-11H,4-5H2,1-3H3. The second-order valence-electron chi connectivity index (χ2n) is 5.04. The summed E-state index contributed by atoms with van der Waals surface area (Å²) in [4.78, 5) is 12.5. The Hall–Kier alpha value is -1.96. The molecular weight excluding hydrogens is 251 g/mol. The van der Waals surface area contributed by atoms with Gasteiger partial charge >= 0.3 is 0 Å². The minimum atomic E-state index is -0.366. The smallest absolute Gasteiger partial charge is 0.193 e. The first kappa shape index (κ1) is 14.4. The molecule has 0 saturated heterocycles. The van der Waals surface area contributed by atoms with Gasteiger partial charge in [0.25, 0.3) is 0 Å². The minimum absolute atomic E-state index is 0.120. The van der Waals surface area contributed by atoms with E-state index in [-0.39, 0.29) is 11.6 Å². The molecule has 2 aromatic rings. The van der Waals surface area contributed by atoms with Crippen LogP contribution in [0.5, 0.6) is 0 Å². The predicted molar refractivity (Wildman–Crippen MR) is 79.8 cm³/mol. The van der Waals surface area contributed by atoms with Gasteiger partial charge in [-0.2, -0.15) is 0 Å². The van der Waals surface area contributed by atoms with E-state index in [1.54, 1.807) is 13.0 Å². The molecule has 0 fully saturated rings. The van der Waals surface area contributed by atoms with E-state index in [0.717, 1.165) is 18.4 Å². The third kappa shape index (κ3) is 2.96. The molecule has 0 aliphatic carbocycles. The van der Waals surface area contributed by atoms with Crippen LogP contribution >= 0.6 is 0 Å². The van der Waals surface area contributed by atoms with Gasteiger partial charge in [0.2, 0.25) is 0 Å². The van der Waals surface area contributed by atoms with E-state index in [2.05, 4.69) is 13.8 Å². The number of halogens is 1. The molecule has 0 N–H and O–H groups in total. The summed E-state index contributed by atoms with van der Waals surface area (Å²) in [5.74, 6) is -0.487. The third-order valence-electron chi connectivity index (χ3n) is 3.53. The Morgan fingerprint density at radius 3 is 2.25 bits per heavy atom. The van der Waals surface area contributed by atoms with E-state index in [0.29, 0.717) is 11.1 Å². The Balaban J connectivity index is 2.42. The van der Waals surface area contributed by atoms with Crippen LogP contribution in [0.15, 0.2) is 36.4 Å². The number of aryl methyl sites for hydroxylation is 3. The zero-order valence-electron chi connectivity index (χ0n) is 12.2. The molecule has 0 saturated carbocycles. The van der Waals surface area contributed by atoms with Gasteiger partial charge in [0.15, 0.2) is 5.78 Å². The molecule has 0 radical (unpaired) electrons. The van der Waals surface area contributed by atoms with Crippen molar-refractivity contribution in [3.05, 3.63) is 70.0 Å². The monoisotopic (exact) mass is 270 g/mol. The van der Waals surface area contributed by atoms with Gasteiger partial charge in [0, 0.05) is 11.1 Å². The Kier molecular flexibility index (Phi) is 4.33. The zero-order valence-corrected chi connectivity index (χ0v) is 12.2. The molecule has 0 aromatic heterocycles. The normalized spacial score (nSPS) is 10.6. The van der Waals surface area contributed by atoms with Gasteiger partial charge in [-0.15, -0.1) is 0 Å². The molecule has 2 rings (SSSR count). The molecule has 0 aliphatic heterocycles. The molecule has 0 spiro atoms. The molecule has 0 bridgehead atoms. The lowest BCUT2D eigenvalue weighted by Gasteiger charge is -2.09. The molecule has 0 heterocycles. The Bertz CT molecular complexity index is 624. The SMILES string of the molecule is CCc1ccc(C(=O)c2cc(C)cc(F)c2)cc1CC. The second-order valence-corrected chi connectivity index (χ2v) is 5.04. The Labute approximate surface area is 119 Å². The van der Waals surface area contributed by atoms with E-state index < -0.39 is 0 Å². The molecule has 2 heteroatoms. The fourth-order valence-corrected chi connectivity index (χ4v) is 2.48. The van der Waals surface area contributed by atoms with Crippen molar-refractivity contribution in [3.8, 4) is 0 Å². The van der Waals surface area contributed by atoms with Crippen molar-refractivity contribution >= 4 is 5.78 Å². The van der Waals surface area contributed by atoms with Crippen LogP contribution in [0.1, 0.15) is 46.5 Å². The van der Waals surface area contributed by atoms with Gasteiger partial charge in [0.1, 0.15) is 5.82 Å². The summed E-state index contributed by atoms with van der Waals surface area (Å²) in [6.45, 7) is 5.97. The number of ketones is 1. The lowest BCUT2D eigenvalue weighted by molar-refractivity contribution is 0.103. The summed E-state index contributed by atoms with van der Waals surface area (Å²) in [5.41, 5.74) is 4.25. The maximum Gasteiger partial charge on any atom is 0.193 e. The number of hydrogen-bond donors (Lipinski definition) is 0. The number of rotatable bonds is 4. The highest BCUT2D eigenvalue weighted by atomic mass is 19.1. The van der Waals surface area contributed by atoms with Crippen LogP contribution in [0.25, 0.3) is 0 Å². The summed E-state index contributed by atoms with van der Waals surface area (Å²) in [6, 6.07) is 10.2. The molecule has 0 aliphatic rings. The molecule has 0 unspecified atom stereocenters. The molecule has 1 nitrogen and oxygen atoms in total. The molecular formula is C18H19FO. The van der Waals surface area contributed by atoms with E-state index >= 15 is 0 Å². The molecule has 104 valence electrons. The van der Waals surface area contributed by atoms with Crippen LogP contribution < -0.4 is 0 Å². The number of carbonyl (C=O) groups excluding carboxylic acids is 1. The van der Waals surface area contributed by atoms with Crippen molar-refractivity contribution in [2.24, 2.45) is 0 Å². The molecule has 20 heavy (non-hydrogen) atoms. The van der Waals surface area contributed by atoms with Crippen molar-refractivity contribution in [2.45, 2.75) is 33.6 Å². The maximum absolute atomic E-state index is 13.4. The predicted octanol–water partition coefficient (Wildman–Crippen LogP) is 4.49. The Morgan fingerprint density at radius 2 is 1.65 bits per heavy atom. The number of carbonyl (C=O) groups is 1. The van der Waals surface area contributed by atoms with Crippen LogP contribution in [0.3, 0.4) is 0 Å². The zero-order chi connectivity index (χ0) is 14.7. The minimum Gasteiger partial charge on any atom is -0.289 e. The largest absolute Gasteiger partial charge is 0.289 e. The first-order valence-electron chi connectivity index (χ1n) is 6.98. The van der Waals surface area contributed by atoms with Crippen molar-refractivity contribution in [3.63, 3.8) is 0 Å². The number of hydrogen-bond acceptors (Lipinski definition) is 1. The van der Waals surface area contributed by atoms with E-state index in [1.165, 1.54) is 23.3 Å². The summed E-state index contributed by atoms with van der Waals surface area (Å²) >= 11 is 0. The van der Waals surface area contributed by atoms with Crippen LogP contribution in [0.4, 0.5) is 4.39 Å². The summed E-state index contributed by atoms with van der Waals surface area (Å²) in [6.07, 6.45) is 1.85. The van der Waals surface area contributed by atoms with E-state index in [1.807, 2.05) is 18.2 Å². The molecule has 0 atom stereocenters. The van der Waals surface area contributed by atoms with Crippen molar-refractivity contribution in [1.82, 2.24) is 0 Å². The molecule has 2 aromatic carbocycles. The Morgan fingerprint density at radius 1 is 0.950 bits per heavy atom. The molecule has 0 amide bonds. The summed E-state index contributed by atoms with van der Waals surface area (Å²) < 4.78 is 13.4. The lowest BCUT2D eigenvalue weighted by atomic mass is 9.95. The van der Waals surface area contributed by atoms with Crippen LogP contribution in [0, 0.1) is 12.7 Å². The first-order valence-corrected chi connectivity index (χ1v) is 6.98. The highest BCUT2D eigenvalue weighted by molar-refractivity contribution is 6.09. The summed E-state index contributed by atoms with van der Waals surface area (Å²) in [5, 5.41) is 0. The first-order chi connectivity index (χ1) is 9.55. The van der Waals surface area contributed by atoms with Crippen molar-refractivity contribution in [1.29, 1.82) is 0 Å². The van der Waals surface area contributed by atoms with Gasteiger partial charge in [0.05, 0.1) is 0 Å². The van der Waals surface area contributed by atoms with Crippen LogP contribution in [-0.4, -0.2) is 5.78 Å². The highest BCUT2D eigenvalue weighted by Crippen LogP contribution is 2.18. The quantitative estimate of drug-likeness (QED) is 0.748. The fraction of sp³-hybridized carbons (Fsp3) is 0.278. The highest BCUT2D eigenvalue weighted by Gasteiger charge is 2.12. The second kappa shape index (κ2) is 6.00. The van der Waals surface area contributed by atoms with E-state index in [9.17, 15) is 9.18 Å². The van der Waals surface area contributed by atoms with Gasteiger partial charge in [-0.1, -0.05) is 26.0 Å². The van der Waals surface area contributed by atoms with Gasteiger partial charge < -0.3 is 0 Å². The fourth-order valence-electron chi connectivity index (χ4n) is 2.48. The van der Waals surface area contributed by atoms with Crippen molar-refractivity contribution in [2.75, 3.05) is 0 Å². The van der Waals surface area contributed by atoms with E-state index in [4.69, 9.17) is 0 Å². The lowest BCUT2D eigenvalue weighted by Crippen LogP contribution is -2.04.